The molecule has 1 aromatic heterocycles. The third-order valence-corrected chi connectivity index (χ3v) is 5.81. The van der Waals surface area contributed by atoms with Crippen molar-refractivity contribution in [2.75, 3.05) is 26.2 Å². The summed E-state index contributed by atoms with van der Waals surface area (Å²) < 4.78 is 0. The van der Waals surface area contributed by atoms with E-state index in [1.54, 1.807) is 11.3 Å². The summed E-state index contributed by atoms with van der Waals surface area (Å²) in [4.78, 5) is 16.6. The SMILES string of the molecule is CCc1sc(C(=O)NCCCCN2CCCC2CO)cc1C. The molecular weight excluding hydrogens is 296 g/mol. The molecule has 1 aromatic rings. The lowest BCUT2D eigenvalue weighted by molar-refractivity contribution is 0.0956. The van der Waals surface area contributed by atoms with Gasteiger partial charge in [-0.05, 0) is 63.7 Å². The summed E-state index contributed by atoms with van der Waals surface area (Å²) in [5.74, 6) is 0.0576. The van der Waals surface area contributed by atoms with Gasteiger partial charge in [-0.15, -0.1) is 11.3 Å². The van der Waals surface area contributed by atoms with Crippen molar-refractivity contribution in [2.45, 2.75) is 52.0 Å². The molecule has 2 heterocycles. The van der Waals surface area contributed by atoms with E-state index in [0.717, 1.165) is 50.2 Å². The maximum absolute atomic E-state index is 12.1. The van der Waals surface area contributed by atoms with Crippen LogP contribution in [0.4, 0.5) is 0 Å². The van der Waals surface area contributed by atoms with E-state index in [-0.39, 0.29) is 12.5 Å². The third kappa shape index (κ3) is 4.54. The number of hydrogen-bond donors (Lipinski definition) is 2. The van der Waals surface area contributed by atoms with Crippen LogP contribution >= 0.6 is 11.3 Å². The average Bonchev–Trinajstić information content (AvgIpc) is 3.12. The summed E-state index contributed by atoms with van der Waals surface area (Å²) >= 11 is 1.61. The Kier molecular flexibility index (Phi) is 6.86. The number of amides is 1. The Morgan fingerprint density at radius 3 is 3.00 bits per heavy atom. The molecule has 0 aliphatic carbocycles. The summed E-state index contributed by atoms with van der Waals surface area (Å²) in [6.45, 7) is 7.33. The Hall–Kier alpha value is -0.910. The van der Waals surface area contributed by atoms with E-state index < -0.39 is 0 Å². The van der Waals surface area contributed by atoms with Crippen LogP contribution in [0.2, 0.25) is 0 Å². The van der Waals surface area contributed by atoms with Gasteiger partial charge >= 0.3 is 0 Å². The van der Waals surface area contributed by atoms with Gasteiger partial charge in [-0.1, -0.05) is 6.92 Å². The highest BCUT2D eigenvalue weighted by Crippen LogP contribution is 2.22. The summed E-state index contributed by atoms with van der Waals surface area (Å²) in [6.07, 6.45) is 5.36. The zero-order chi connectivity index (χ0) is 15.9. The predicted molar refractivity (Wildman–Crippen MR) is 91.7 cm³/mol. The number of thiophene rings is 1. The van der Waals surface area contributed by atoms with Crippen molar-refractivity contribution in [2.24, 2.45) is 0 Å². The highest BCUT2D eigenvalue weighted by atomic mass is 32.1. The van der Waals surface area contributed by atoms with Crippen molar-refractivity contribution in [1.29, 1.82) is 0 Å². The maximum atomic E-state index is 12.1. The van der Waals surface area contributed by atoms with Gasteiger partial charge in [-0.3, -0.25) is 9.69 Å². The smallest absolute Gasteiger partial charge is 0.261 e. The molecule has 1 atom stereocenters. The number of aliphatic hydroxyl groups excluding tert-OH is 1. The van der Waals surface area contributed by atoms with Gasteiger partial charge in [0.2, 0.25) is 0 Å². The molecular formula is C17H28N2O2S. The minimum Gasteiger partial charge on any atom is -0.395 e. The fraction of sp³-hybridized carbons (Fsp3) is 0.706. The standard InChI is InChI=1S/C17H28N2O2S/c1-3-15-13(2)11-16(22-15)17(21)18-8-4-5-9-19-10-6-7-14(19)12-20/h11,14,20H,3-10,12H2,1-2H3,(H,18,21). The average molecular weight is 324 g/mol. The van der Waals surface area contributed by atoms with Crippen LogP contribution in [0.3, 0.4) is 0 Å². The topological polar surface area (TPSA) is 52.6 Å². The van der Waals surface area contributed by atoms with Gasteiger partial charge in [0.25, 0.3) is 5.91 Å². The van der Waals surface area contributed by atoms with Crippen LogP contribution in [-0.2, 0) is 6.42 Å². The summed E-state index contributed by atoms with van der Waals surface area (Å²) in [7, 11) is 0. The van der Waals surface area contributed by atoms with Crippen molar-refractivity contribution < 1.29 is 9.90 Å². The lowest BCUT2D eigenvalue weighted by Gasteiger charge is -2.22. The van der Waals surface area contributed by atoms with Crippen LogP contribution in [-0.4, -0.2) is 48.2 Å². The van der Waals surface area contributed by atoms with E-state index >= 15 is 0 Å². The minimum atomic E-state index is 0.0576. The fourth-order valence-corrected chi connectivity index (χ4v) is 4.14. The van der Waals surface area contributed by atoms with Crippen LogP contribution in [0, 0.1) is 6.92 Å². The molecule has 1 aliphatic heterocycles. The van der Waals surface area contributed by atoms with Crippen LogP contribution in [0.15, 0.2) is 6.07 Å². The third-order valence-electron chi connectivity index (χ3n) is 4.43. The molecule has 124 valence electrons. The van der Waals surface area contributed by atoms with Gasteiger partial charge in [-0.25, -0.2) is 0 Å². The predicted octanol–water partition coefficient (Wildman–Crippen LogP) is 2.59. The number of nitrogens with zero attached hydrogens (tertiary/aromatic N) is 1. The van der Waals surface area contributed by atoms with Crippen LogP contribution in [0.25, 0.3) is 0 Å². The second-order valence-electron chi connectivity index (χ2n) is 6.05. The number of unbranched alkanes of at least 4 members (excludes halogenated alkanes) is 1. The minimum absolute atomic E-state index is 0.0576. The van der Waals surface area contributed by atoms with Gasteiger partial charge in [-0.2, -0.15) is 0 Å². The molecule has 2 N–H and O–H groups in total. The van der Waals surface area contributed by atoms with Gasteiger partial charge < -0.3 is 10.4 Å². The Bertz CT molecular complexity index is 487. The molecule has 0 radical (unpaired) electrons. The molecule has 1 unspecified atom stereocenters. The van der Waals surface area contributed by atoms with Gasteiger partial charge in [0.15, 0.2) is 0 Å². The molecule has 1 fully saturated rings. The van der Waals surface area contributed by atoms with Gasteiger partial charge in [0.05, 0.1) is 11.5 Å². The number of carbonyl (C=O) groups is 1. The van der Waals surface area contributed by atoms with E-state index in [2.05, 4.69) is 24.1 Å². The first-order valence-corrected chi connectivity index (χ1v) is 9.19. The van der Waals surface area contributed by atoms with Crippen molar-refractivity contribution in [3.05, 3.63) is 21.4 Å². The first-order valence-electron chi connectivity index (χ1n) is 8.38. The van der Waals surface area contributed by atoms with Gasteiger partial charge in [0.1, 0.15) is 0 Å². The second-order valence-corrected chi connectivity index (χ2v) is 7.18. The molecule has 5 heteroatoms. The van der Waals surface area contributed by atoms with E-state index in [1.165, 1.54) is 16.9 Å². The Balaban J connectivity index is 1.64. The fourth-order valence-electron chi connectivity index (χ4n) is 3.11. The molecule has 1 amide bonds. The number of carbonyl (C=O) groups excluding carboxylic acids is 1. The number of nitrogens with one attached hydrogen (secondary N) is 1. The summed E-state index contributed by atoms with van der Waals surface area (Å²) in [5.41, 5.74) is 1.22. The molecule has 1 aliphatic rings. The largest absolute Gasteiger partial charge is 0.395 e. The lowest BCUT2D eigenvalue weighted by atomic mass is 10.2. The Labute approximate surface area is 137 Å². The molecule has 0 aromatic carbocycles. The van der Waals surface area contributed by atoms with Crippen molar-refractivity contribution >= 4 is 17.2 Å². The molecule has 2 rings (SSSR count). The first-order chi connectivity index (χ1) is 10.7. The molecule has 0 saturated carbocycles. The molecule has 22 heavy (non-hydrogen) atoms. The van der Waals surface area contributed by atoms with E-state index in [4.69, 9.17) is 0 Å². The van der Waals surface area contributed by atoms with Gasteiger partial charge in [0, 0.05) is 17.5 Å². The number of hydrogen-bond acceptors (Lipinski definition) is 4. The van der Waals surface area contributed by atoms with Crippen molar-refractivity contribution in [3.63, 3.8) is 0 Å². The summed E-state index contributed by atoms with van der Waals surface area (Å²) in [6, 6.07) is 2.35. The zero-order valence-electron chi connectivity index (χ0n) is 13.7. The molecule has 1 saturated heterocycles. The highest BCUT2D eigenvalue weighted by Gasteiger charge is 2.22. The van der Waals surface area contributed by atoms with E-state index in [1.807, 2.05) is 6.07 Å². The molecule has 0 spiro atoms. The van der Waals surface area contributed by atoms with Crippen molar-refractivity contribution in [3.8, 4) is 0 Å². The van der Waals surface area contributed by atoms with Crippen molar-refractivity contribution in [1.82, 2.24) is 10.2 Å². The quantitative estimate of drug-likeness (QED) is 0.723. The Morgan fingerprint density at radius 2 is 2.32 bits per heavy atom. The van der Waals surface area contributed by atoms with E-state index in [9.17, 15) is 9.90 Å². The van der Waals surface area contributed by atoms with Crippen LogP contribution in [0.1, 0.15) is 52.7 Å². The Morgan fingerprint density at radius 1 is 1.50 bits per heavy atom. The zero-order valence-corrected chi connectivity index (χ0v) is 14.5. The second kappa shape index (κ2) is 8.65. The number of aryl methyl sites for hydroxylation is 2. The lowest BCUT2D eigenvalue weighted by Crippen LogP contribution is -2.33. The number of rotatable bonds is 8. The van der Waals surface area contributed by atoms with E-state index in [0.29, 0.717) is 6.04 Å². The van der Waals surface area contributed by atoms with Crippen LogP contribution < -0.4 is 5.32 Å². The number of likely N-dealkylation sites (tertiary alicyclic amines) is 1. The number of aliphatic hydroxyl groups is 1. The summed E-state index contributed by atoms with van der Waals surface area (Å²) in [5, 5.41) is 12.3. The normalized spacial score (nSPS) is 18.8. The highest BCUT2D eigenvalue weighted by molar-refractivity contribution is 7.14. The molecule has 4 nitrogen and oxygen atoms in total. The monoisotopic (exact) mass is 324 g/mol. The first kappa shape index (κ1) is 17.4. The van der Waals surface area contributed by atoms with Crippen LogP contribution in [0.5, 0.6) is 0 Å². The molecule has 0 bridgehead atoms. The maximum Gasteiger partial charge on any atom is 0.261 e.